The van der Waals surface area contributed by atoms with Gasteiger partial charge in [-0.15, -0.1) is 0 Å². The average molecular weight is 128 g/mol. The van der Waals surface area contributed by atoms with Crippen LogP contribution in [0.3, 0.4) is 0 Å². The van der Waals surface area contributed by atoms with Gasteiger partial charge in [0.2, 0.25) is 0 Å². The highest BCUT2D eigenvalue weighted by Crippen LogP contribution is 2.18. The maximum Gasteiger partial charge on any atom is -0.0417 e. The van der Waals surface area contributed by atoms with Crippen LogP contribution in [0.25, 0.3) is 0 Å². The summed E-state index contributed by atoms with van der Waals surface area (Å²) in [6.07, 6.45) is 4.07. The smallest absolute Gasteiger partial charge is 0.0417 e. The minimum atomic E-state index is 0.921. The predicted molar refractivity (Wildman–Crippen MR) is 43.5 cm³/mol. The van der Waals surface area contributed by atoms with Gasteiger partial charge in [-0.3, -0.25) is 0 Å². The van der Waals surface area contributed by atoms with Crippen molar-refractivity contribution in [3.05, 3.63) is 0 Å². The second-order valence-electron chi connectivity index (χ2n) is 3.15. The highest BCUT2D eigenvalue weighted by atomic mass is 14.1. The second-order valence-corrected chi connectivity index (χ2v) is 3.15. The van der Waals surface area contributed by atoms with E-state index in [1.807, 2.05) is 0 Å². The SMILES string of the molecule is CCC[C@H](C)C(C)CC. The summed E-state index contributed by atoms with van der Waals surface area (Å²) < 4.78 is 0. The van der Waals surface area contributed by atoms with Gasteiger partial charge >= 0.3 is 0 Å². The molecule has 0 saturated heterocycles. The van der Waals surface area contributed by atoms with Crippen LogP contribution in [-0.4, -0.2) is 0 Å². The standard InChI is InChI=1S/C9H20/c1-5-7-9(4)8(3)6-2/h8-9H,5-7H2,1-4H3/t8?,9-/m0/s1. The quantitative estimate of drug-likeness (QED) is 0.544. The van der Waals surface area contributed by atoms with Crippen LogP contribution in [0, 0.1) is 11.8 Å². The van der Waals surface area contributed by atoms with Crippen molar-refractivity contribution >= 4 is 0 Å². The first-order chi connectivity index (χ1) is 4.22. The van der Waals surface area contributed by atoms with Gasteiger partial charge < -0.3 is 0 Å². The van der Waals surface area contributed by atoms with E-state index in [9.17, 15) is 0 Å². The molecule has 0 aromatic carbocycles. The number of hydrogen-bond donors (Lipinski definition) is 0. The molecule has 56 valence electrons. The molecule has 0 heteroatoms. The Balaban J connectivity index is 3.32. The van der Waals surface area contributed by atoms with Crippen molar-refractivity contribution in [3.8, 4) is 0 Å². The molecule has 0 heterocycles. The van der Waals surface area contributed by atoms with Crippen molar-refractivity contribution in [3.63, 3.8) is 0 Å². The van der Waals surface area contributed by atoms with Crippen LogP contribution < -0.4 is 0 Å². The van der Waals surface area contributed by atoms with Crippen LogP contribution >= 0.6 is 0 Å². The van der Waals surface area contributed by atoms with Crippen LogP contribution in [0.1, 0.15) is 47.0 Å². The molecule has 0 aliphatic rings. The molecule has 0 rings (SSSR count). The van der Waals surface area contributed by atoms with Crippen molar-refractivity contribution in [2.75, 3.05) is 0 Å². The molecule has 0 bridgehead atoms. The van der Waals surface area contributed by atoms with Gasteiger partial charge in [-0.05, 0) is 11.8 Å². The maximum atomic E-state index is 2.36. The molecule has 0 fully saturated rings. The monoisotopic (exact) mass is 128 g/mol. The van der Waals surface area contributed by atoms with Crippen LogP contribution in [0.4, 0.5) is 0 Å². The Kier molecular flexibility index (Phi) is 4.84. The summed E-state index contributed by atoms with van der Waals surface area (Å²) in [5.41, 5.74) is 0. The fourth-order valence-corrected chi connectivity index (χ4v) is 1.14. The molecule has 0 amide bonds. The summed E-state index contributed by atoms with van der Waals surface area (Å²) in [6, 6.07) is 0. The molecule has 0 saturated carbocycles. The molecular formula is C9H20. The van der Waals surface area contributed by atoms with Crippen LogP contribution in [0.5, 0.6) is 0 Å². The number of rotatable bonds is 4. The first-order valence-corrected chi connectivity index (χ1v) is 4.22. The molecule has 0 aromatic heterocycles. The predicted octanol–water partition coefficient (Wildman–Crippen LogP) is 3.47. The van der Waals surface area contributed by atoms with Gasteiger partial charge in [0.25, 0.3) is 0 Å². The lowest BCUT2D eigenvalue weighted by molar-refractivity contribution is 0.352. The van der Waals surface area contributed by atoms with Crippen LogP contribution in [-0.2, 0) is 0 Å². The Morgan fingerprint density at radius 1 is 1.00 bits per heavy atom. The summed E-state index contributed by atoms with van der Waals surface area (Å²) in [4.78, 5) is 0. The Morgan fingerprint density at radius 2 is 1.56 bits per heavy atom. The molecule has 9 heavy (non-hydrogen) atoms. The van der Waals surface area contributed by atoms with E-state index < -0.39 is 0 Å². The lowest BCUT2D eigenvalue weighted by atomic mass is 9.90. The van der Waals surface area contributed by atoms with Gasteiger partial charge in [0.05, 0.1) is 0 Å². The third-order valence-electron chi connectivity index (χ3n) is 2.36. The summed E-state index contributed by atoms with van der Waals surface area (Å²) >= 11 is 0. The van der Waals surface area contributed by atoms with Gasteiger partial charge in [0, 0.05) is 0 Å². The van der Waals surface area contributed by atoms with Gasteiger partial charge in [0.15, 0.2) is 0 Å². The van der Waals surface area contributed by atoms with Crippen molar-refractivity contribution in [2.24, 2.45) is 11.8 Å². The van der Waals surface area contributed by atoms with E-state index in [4.69, 9.17) is 0 Å². The molecule has 0 aromatic rings. The molecular weight excluding hydrogens is 108 g/mol. The first kappa shape index (κ1) is 9.00. The van der Waals surface area contributed by atoms with E-state index >= 15 is 0 Å². The topological polar surface area (TPSA) is 0 Å². The average Bonchev–Trinajstić information content (AvgIpc) is 1.87. The molecule has 0 N–H and O–H groups in total. The van der Waals surface area contributed by atoms with E-state index in [0.29, 0.717) is 0 Å². The van der Waals surface area contributed by atoms with Crippen LogP contribution in [0.2, 0.25) is 0 Å². The zero-order valence-electron chi connectivity index (χ0n) is 7.28. The normalized spacial score (nSPS) is 17.3. The molecule has 2 atom stereocenters. The van der Waals surface area contributed by atoms with Gasteiger partial charge in [0.1, 0.15) is 0 Å². The van der Waals surface area contributed by atoms with Gasteiger partial charge in [-0.1, -0.05) is 47.0 Å². The van der Waals surface area contributed by atoms with Crippen LogP contribution in [0.15, 0.2) is 0 Å². The molecule has 1 unspecified atom stereocenters. The summed E-state index contributed by atoms with van der Waals surface area (Å²) in [5.74, 6) is 1.85. The lowest BCUT2D eigenvalue weighted by Crippen LogP contribution is -2.05. The third kappa shape index (κ3) is 3.56. The Bertz CT molecular complexity index is 57.1. The molecule has 0 spiro atoms. The molecule has 0 aliphatic heterocycles. The minimum absolute atomic E-state index is 0.921. The van der Waals surface area contributed by atoms with Gasteiger partial charge in [-0.2, -0.15) is 0 Å². The third-order valence-corrected chi connectivity index (χ3v) is 2.36. The van der Waals surface area contributed by atoms with Crippen molar-refractivity contribution in [1.29, 1.82) is 0 Å². The van der Waals surface area contributed by atoms with E-state index in [0.717, 1.165) is 11.8 Å². The summed E-state index contributed by atoms with van der Waals surface area (Å²) in [6.45, 7) is 9.24. The Hall–Kier alpha value is 0. The van der Waals surface area contributed by atoms with Crippen molar-refractivity contribution < 1.29 is 0 Å². The zero-order chi connectivity index (χ0) is 7.28. The fourth-order valence-electron chi connectivity index (χ4n) is 1.14. The maximum absolute atomic E-state index is 2.36. The first-order valence-electron chi connectivity index (χ1n) is 4.22. The number of hydrogen-bond acceptors (Lipinski definition) is 0. The Labute approximate surface area is 59.7 Å². The van der Waals surface area contributed by atoms with Crippen molar-refractivity contribution in [1.82, 2.24) is 0 Å². The molecule has 0 nitrogen and oxygen atoms in total. The largest absolute Gasteiger partial charge is 0.0654 e. The highest BCUT2D eigenvalue weighted by Gasteiger charge is 2.07. The van der Waals surface area contributed by atoms with Gasteiger partial charge in [-0.25, -0.2) is 0 Å². The van der Waals surface area contributed by atoms with E-state index in [2.05, 4.69) is 27.7 Å². The highest BCUT2D eigenvalue weighted by molar-refractivity contribution is 4.58. The molecule has 0 radical (unpaired) electrons. The van der Waals surface area contributed by atoms with E-state index in [1.54, 1.807) is 0 Å². The fraction of sp³-hybridized carbons (Fsp3) is 1.00. The lowest BCUT2D eigenvalue weighted by Gasteiger charge is -2.16. The second kappa shape index (κ2) is 4.84. The van der Waals surface area contributed by atoms with E-state index in [1.165, 1.54) is 19.3 Å². The zero-order valence-corrected chi connectivity index (χ0v) is 7.28. The summed E-state index contributed by atoms with van der Waals surface area (Å²) in [5, 5.41) is 0. The minimum Gasteiger partial charge on any atom is -0.0654 e. The van der Waals surface area contributed by atoms with Crippen molar-refractivity contribution in [2.45, 2.75) is 47.0 Å². The molecule has 0 aliphatic carbocycles. The Morgan fingerprint density at radius 3 is 1.89 bits per heavy atom. The summed E-state index contributed by atoms with van der Waals surface area (Å²) in [7, 11) is 0. The van der Waals surface area contributed by atoms with E-state index in [-0.39, 0.29) is 0 Å².